The van der Waals surface area contributed by atoms with Crippen LogP contribution < -0.4 is 11.1 Å². The van der Waals surface area contributed by atoms with Crippen molar-refractivity contribution in [3.05, 3.63) is 47.1 Å². The lowest BCUT2D eigenvalue weighted by Gasteiger charge is -2.20. The topological polar surface area (TPSA) is 94.0 Å². The van der Waals surface area contributed by atoms with E-state index < -0.39 is 5.54 Å². The Bertz CT molecular complexity index is 747. The molecule has 0 bridgehead atoms. The minimum atomic E-state index is -0.497. The van der Waals surface area contributed by atoms with Gasteiger partial charge in [-0.25, -0.2) is 0 Å². The van der Waals surface area contributed by atoms with Gasteiger partial charge in [0, 0.05) is 5.56 Å². The molecule has 1 unspecified atom stereocenters. The molecule has 6 heteroatoms. The van der Waals surface area contributed by atoms with Crippen LogP contribution in [0.15, 0.2) is 28.8 Å². The van der Waals surface area contributed by atoms with Crippen molar-refractivity contribution in [2.24, 2.45) is 11.7 Å². The van der Waals surface area contributed by atoms with Gasteiger partial charge in [-0.05, 0) is 37.3 Å². The monoisotopic (exact) mass is 342 g/mol. The van der Waals surface area contributed by atoms with Crippen LogP contribution >= 0.6 is 0 Å². The summed E-state index contributed by atoms with van der Waals surface area (Å²) in [5, 5.41) is 7.14. The first-order valence-electron chi connectivity index (χ1n) is 8.90. The number of carbonyl (C=O) groups excluding carboxylic acids is 1. The molecule has 0 radical (unpaired) electrons. The van der Waals surface area contributed by atoms with Gasteiger partial charge >= 0.3 is 0 Å². The zero-order chi connectivity index (χ0) is 18.0. The SMILES string of the molecule is Cc1ccccc1C(=O)NC(c1nc(C2(N)CCCC2)no1)C(C)C. The van der Waals surface area contributed by atoms with Crippen molar-refractivity contribution < 1.29 is 9.32 Å². The van der Waals surface area contributed by atoms with Crippen molar-refractivity contribution in [1.29, 1.82) is 0 Å². The highest BCUT2D eigenvalue weighted by Gasteiger charge is 2.37. The van der Waals surface area contributed by atoms with Crippen LogP contribution in [0.2, 0.25) is 0 Å². The van der Waals surface area contributed by atoms with E-state index >= 15 is 0 Å². The summed E-state index contributed by atoms with van der Waals surface area (Å²) in [5.41, 5.74) is 7.50. The molecule has 6 nitrogen and oxygen atoms in total. The third-order valence-corrected chi connectivity index (χ3v) is 4.99. The Morgan fingerprint density at radius 1 is 1.28 bits per heavy atom. The van der Waals surface area contributed by atoms with Gasteiger partial charge in [0.1, 0.15) is 6.04 Å². The van der Waals surface area contributed by atoms with Gasteiger partial charge in [0.15, 0.2) is 5.82 Å². The fraction of sp³-hybridized carbons (Fsp3) is 0.526. The Morgan fingerprint density at radius 2 is 1.96 bits per heavy atom. The van der Waals surface area contributed by atoms with Gasteiger partial charge in [-0.1, -0.05) is 50.0 Å². The fourth-order valence-corrected chi connectivity index (χ4v) is 3.35. The highest BCUT2D eigenvalue weighted by atomic mass is 16.5. The number of aromatic nitrogens is 2. The van der Waals surface area contributed by atoms with E-state index in [9.17, 15) is 4.79 Å². The minimum Gasteiger partial charge on any atom is -0.340 e. The van der Waals surface area contributed by atoms with Gasteiger partial charge in [-0.15, -0.1) is 0 Å². The van der Waals surface area contributed by atoms with Crippen molar-refractivity contribution in [2.75, 3.05) is 0 Å². The third-order valence-electron chi connectivity index (χ3n) is 4.99. The number of hydrogen-bond acceptors (Lipinski definition) is 5. The number of aryl methyl sites for hydroxylation is 1. The Morgan fingerprint density at radius 3 is 2.60 bits per heavy atom. The molecule has 1 aromatic carbocycles. The van der Waals surface area contributed by atoms with E-state index in [-0.39, 0.29) is 17.9 Å². The van der Waals surface area contributed by atoms with Crippen molar-refractivity contribution in [3.63, 3.8) is 0 Å². The lowest BCUT2D eigenvalue weighted by molar-refractivity contribution is 0.0913. The highest BCUT2D eigenvalue weighted by molar-refractivity contribution is 5.95. The summed E-state index contributed by atoms with van der Waals surface area (Å²) in [5.74, 6) is 0.942. The summed E-state index contributed by atoms with van der Waals surface area (Å²) in [4.78, 5) is 17.2. The maximum Gasteiger partial charge on any atom is 0.252 e. The number of amides is 1. The first-order chi connectivity index (χ1) is 11.9. The van der Waals surface area contributed by atoms with Crippen LogP contribution in [0.5, 0.6) is 0 Å². The Hall–Kier alpha value is -2.21. The second kappa shape index (κ2) is 6.96. The lowest BCUT2D eigenvalue weighted by Crippen LogP contribution is -2.35. The van der Waals surface area contributed by atoms with E-state index in [4.69, 9.17) is 10.3 Å². The summed E-state index contributed by atoms with van der Waals surface area (Å²) in [6.07, 6.45) is 3.90. The molecular formula is C19H26N4O2. The molecule has 0 saturated heterocycles. The summed E-state index contributed by atoms with van der Waals surface area (Å²) in [7, 11) is 0. The Balaban J connectivity index is 1.81. The molecule has 1 saturated carbocycles. The molecule has 1 heterocycles. The number of nitrogens with zero attached hydrogens (tertiary/aromatic N) is 2. The number of carbonyl (C=O) groups is 1. The number of benzene rings is 1. The maximum absolute atomic E-state index is 12.7. The van der Waals surface area contributed by atoms with Gasteiger partial charge in [-0.3, -0.25) is 4.79 Å². The molecule has 3 rings (SSSR count). The zero-order valence-electron chi connectivity index (χ0n) is 15.1. The molecule has 0 spiro atoms. The van der Waals surface area contributed by atoms with Crippen LogP contribution in [0, 0.1) is 12.8 Å². The number of nitrogens with one attached hydrogen (secondary N) is 1. The van der Waals surface area contributed by atoms with Gasteiger partial charge in [0.25, 0.3) is 5.91 Å². The Kier molecular flexibility index (Phi) is 4.90. The number of rotatable bonds is 5. The molecule has 1 fully saturated rings. The molecule has 2 aromatic rings. The van der Waals surface area contributed by atoms with Crippen LogP contribution in [0.1, 0.15) is 73.2 Å². The highest BCUT2D eigenvalue weighted by Crippen LogP contribution is 2.35. The first-order valence-corrected chi connectivity index (χ1v) is 8.90. The first kappa shape index (κ1) is 17.6. The van der Waals surface area contributed by atoms with E-state index in [2.05, 4.69) is 15.5 Å². The summed E-state index contributed by atoms with van der Waals surface area (Å²) >= 11 is 0. The zero-order valence-corrected chi connectivity index (χ0v) is 15.1. The summed E-state index contributed by atoms with van der Waals surface area (Å²) in [6, 6.07) is 7.16. The van der Waals surface area contributed by atoms with Crippen LogP contribution in [-0.2, 0) is 5.54 Å². The van der Waals surface area contributed by atoms with Crippen molar-refractivity contribution in [1.82, 2.24) is 15.5 Å². The van der Waals surface area contributed by atoms with Crippen molar-refractivity contribution in [2.45, 2.75) is 58.0 Å². The predicted molar refractivity (Wildman–Crippen MR) is 94.9 cm³/mol. The number of hydrogen-bond donors (Lipinski definition) is 2. The fourth-order valence-electron chi connectivity index (χ4n) is 3.35. The molecule has 134 valence electrons. The average Bonchev–Trinajstić information content (AvgIpc) is 3.22. The molecule has 0 aliphatic heterocycles. The van der Waals surface area contributed by atoms with Crippen LogP contribution in [-0.4, -0.2) is 16.0 Å². The maximum atomic E-state index is 12.7. The molecule has 1 aromatic heterocycles. The third kappa shape index (κ3) is 3.58. The second-order valence-corrected chi connectivity index (χ2v) is 7.33. The Labute approximate surface area is 148 Å². The van der Waals surface area contributed by atoms with Gasteiger partial charge in [0.05, 0.1) is 5.54 Å². The van der Waals surface area contributed by atoms with Crippen molar-refractivity contribution >= 4 is 5.91 Å². The standard InChI is InChI=1S/C19H26N4O2/c1-12(2)15(21-16(24)14-9-5-4-8-13(14)3)17-22-18(23-25-17)19(20)10-6-7-11-19/h4-5,8-9,12,15H,6-7,10-11,20H2,1-3H3,(H,21,24). The normalized spacial score (nSPS) is 17.6. The summed E-state index contributed by atoms with van der Waals surface area (Å²) in [6.45, 7) is 5.95. The lowest BCUT2D eigenvalue weighted by atomic mass is 9.98. The van der Waals surface area contributed by atoms with E-state index in [1.807, 2.05) is 45.0 Å². The quantitative estimate of drug-likeness (QED) is 0.870. The molecular weight excluding hydrogens is 316 g/mol. The van der Waals surface area contributed by atoms with E-state index in [1.54, 1.807) is 0 Å². The minimum absolute atomic E-state index is 0.110. The largest absolute Gasteiger partial charge is 0.340 e. The molecule has 1 amide bonds. The van der Waals surface area contributed by atoms with Gasteiger partial charge in [0.2, 0.25) is 5.89 Å². The molecule has 1 aliphatic carbocycles. The van der Waals surface area contributed by atoms with E-state index in [0.29, 0.717) is 17.3 Å². The second-order valence-electron chi connectivity index (χ2n) is 7.33. The van der Waals surface area contributed by atoms with Crippen molar-refractivity contribution in [3.8, 4) is 0 Å². The van der Waals surface area contributed by atoms with E-state index in [1.165, 1.54) is 0 Å². The predicted octanol–water partition coefficient (Wildman–Crippen LogP) is 3.23. The average molecular weight is 342 g/mol. The van der Waals surface area contributed by atoms with Crippen LogP contribution in [0.25, 0.3) is 0 Å². The summed E-state index contributed by atoms with van der Waals surface area (Å²) < 4.78 is 5.48. The van der Waals surface area contributed by atoms with Gasteiger partial charge in [-0.2, -0.15) is 4.98 Å². The van der Waals surface area contributed by atoms with Crippen LogP contribution in [0.3, 0.4) is 0 Å². The molecule has 25 heavy (non-hydrogen) atoms. The molecule has 1 atom stereocenters. The van der Waals surface area contributed by atoms with Gasteiger partial charge < -0.3 is 15.6 Å². The smallest absolute Gasteiger partial charge is 0.252 e. The van der Waals surface area contributed by atoms with Crippen LogP contribution in [0.4, 0.5) is 0 Å². The number of nitrogens with two attached hydrogens (primary N) is 1. The molecule has 1 aliphatic rings. The van der Waals surface area contributed by atoms with E-state index in [0.717, 1.165) is 31.2 Å². The molecule has 3 N–H and O–H groups in total.